The maximum absolute atomic E-state index is 13.0. The van der Waals surface area contributed by atoms with Gasteiger partial charge in [-0.1, -0.05) is 0 Å². The Bertz CT molecular complexity index is 2220. The normalized spacial score (nSPS) is 26.3. The van der Waals surface area contributed by atoms with Gasteiger partial charge in [0.15, 0.2) is 0 Å². The molecule has 2 saturated heterocycles. The summed E-state index contributed by atoms with van der Waals surface area (Å²) in [6.45, 7) is -1.32. The summed E-state index contributed by atoms with van der Waals surface area (Å²) in [5.41, 5.74) is -1.42. The first-order valence-electron chi connectivity index (χ1n) is 18.5. The van der Waals surface area contributed by atoms with Gasteiger partial charge in [0.25, 0.3) is 0 Å². The molecule has 2 aliphatic rings. The number of rotatable bonds is 10. The SMILES string of the molecule is Cc1cc(C(=O)c2c(O)cc(CO)c([C@@H]3OC(CO)[C@@H](O)[C@@H](O)C3O)c2O)ccc1O.O=C(c1ccc(O)cc1)c1c(O)cc(CO)c([C@@H]2OC(CO)[C@@H](O)[C@@H](O)C2O)c1O. The van der Waals surface area contributed by atoms with Crippen molar-refractivity contribution in [1.29, 1.82) is 0 Å². The van der Waals surface area contributed by atoms with Gasteiger partial charge in [-0.2, -0.15) is 0 Å². The second-order valence-electron chi connectivity index (χ2n) is 14.4. The van der Waals surface area contributed by atoms with Gasteiger partial charge >= 0.3 is 0 Å². The highest BCUT2D eigenvalue weighted by Gasteiger charge is 2.47. The molecule has 4 aromatic rings. The summed E-state index contributed by atoms with van der Waals surface area (Å²) >= 11 is 0. The fourth-order valence-corrected chi connectivity index (χ4v) is 7.17. The molecule has 2 fully saturated rings. The number of ether oxygens (including phenoxy) is 2. The van der Waals surface area contributed by atoms with Gasteiger partial charge in [-0.15, -0.1) is 0 Å². The second-order valence-corrected chi connectivity index (χ2v) is 14.4. The molecule has 2 aliphatic heterocycles. The summed E-state index contributed by atoms with van der Waals surface area (Å²) in [7, 11) is 0. The average molecular weight is 859 g/mol. The van der Waals surface area contributed by atoms with Gasteiger partial charge in [0.1, 0.15) is 107 Å². The molecule has 4 unspecified atom stereocenters. The lowest BCUT2D eigenvalue weighted by atomic mass is 9.86. The molecule has 0 spiro atoms. The molecule has 0 amide bonds. The number of aliphatic hydroxyl groups is 10. The monoisotopic (exact) mass is 858 g/mol. The summed E-state index contributed by atoms with van der Waals surface area (Å²) in [6, 6.07) is 10.9. The number of hydrogen-bond acceptors (Lipinski definition) is 20. The molecular formula is C41H46O20. The predicted molar refractivity (Wildman–Crippen MR) is 205 cm³/mol. The minimum absolute atomic E-state index is 0.0231. The molecule has 20 nitrogen and oxygen atoms in total. The van der Waals surface area contributed by atoms with E-state index in [1.54, 1.807) is 6.92 Å². The number of phenolic OH excluding ortho intramolecular Hbond substituents is 6. The number of benzene rings is 4. The highest BCUT2D eigenvalue weighted by molar-refractivity contribution is 6.13. The first-order valence-corrected chi connectivity index (χ1v) is 18.5. The van der Waals surface area contributed by atoms with E-state index < -0.39 is 133 Å². The van der Waals surface area contributed by atoms with E-state index in [0.29, 0.717) is 5.56 Å². The highest BCUT2D eigenvalue weighted by atomic mass is 16.6. The largest absolute Gasteiger partial charge is 0.508 e. The maximum Gasteiger partial charge on any atom is 0.200 e. The van der Waals surface area contributed by atoms with Crippen molar-refractivity contribution in [3.05, 3.63) is 105 Å². The van der Waals surface area contributed by atoms with Crippen molar-refractivity contribution in [2.75, 3.05) is 13.2 Å². The Kier molecular flexibility index (Phi) is 14.6. The summed E-state index contributed by atoms with van der Waals surface area (Å²) in [5.74, 6) is -4.69. The molecule has 330 valence electrons. The Hall–Kier alpha value is -5.46. The molecule has 2 heterocycles. The quantitative estimate of drug-likeness (QED) is 0.0798. The van der Waals surface area contributed by atoms with Crippen LogP contribution in [0.25, 0.3) is 0 Å². The van der Waals surface area contributed by atoms with Crippen molar-refractivity contribution in [2.24, 2.45) is 0 Å². The zero-order valence-corrected chi connectivity index (χ0v) is 32.1. The highest BCUT2D eigenvalue weighted by Crippen LogP contribution is 2.46. The van der Waals surface area contributed by atoms with Crippen LogP contribution in [0.2, 0.25) is 0 Å². The summed E-state index contributed by atoms with van der Waals surface area (Å²) in [4.78, 5) is 25.9. The summed E-state index contributed by atoms with van der Waals surface area (Å²) < 4.78 is 10.9. The third-order valence-electron chi connectivity index (χ3n) is 10.5. The van der Waals surface area contributed by atoms with E-state index in [2.05, 4.69) is 0 Å². The van der Waals surface area contributed by atoms with E-state index in [0.717, 1.165) is 12.1 Å². The number of aromatic hydroxyl groups is 6. The van der Waals surface area contributed by atoms with Crippen LogP contribution in [-0.2, 0) is 22.7 Å². The van der Waals surface area contributed by atoms with Crippen LogP contribution in [0, 0.1) is 6.92 Å². The van der Waals surface area contributed by atoms with Gasteiger partial charge in [0.05, 0.1) is 26.4 Å². The van der Waals surface area contributed by atoms with Crippen LogP contribution < -0.4 is 0 Å². The first kappa shape index (κ1) is 46.6. The van der Waals surface area contributed by atoms with Crippen LogP contribution >= 0.6 is 0 Å². The third kappa shape index (κ3) is 8.97. The van der Waals surface area contributed by atoms with Crippen molar-refractivity contribution >= 4 is 11.6 Å². The molecule has 6 rings (SSSR count). The van der Waals surface area contributed by atoms with Crippen molar-refractivity contribution in [3.8, 4) is 34.5 Å². The Balaban J connectivity index is 0.000000231. The molecule has 10 atom stereocenters. The topological polar surface area (TPSA) is 376 Å². The van der Waals surface area contributed by atoms with Gasteiger partial charge in [0.2, 0.25) is 11.6 Å². The van der Waals surface area contributed by atoms with Crippen molar-refractivity contribution in [2.45, 2.75) is 81.2 Å². The first-order chi connectivity index (χ1) is 28.8. The van der Waals surface area contributed by atoms with E-state index in [-0.39, 0.29) is 44.9 Å². The third-order valence-corrected chi connectivity index (χ3v) is 10.5. The van der Waals surface area contributed by atoms with Crippen LogP contribution in [0.5, 0.6) is 34.5 Å². The van der Waals surface area contributed by atoms with Crippen molar-refractivity contribution < 1.29 is 101 Å². The lowest BCUT2D eigenvalue weighted by molar-refractivity contribution is -0.232. The average Bonchev–Trinajstić information content (AvgIpc) is 3.23. The molecule has 16 N–H and O–H groups in total. The zero-order chi connectivity index (χ0) is 45.2. The number of aryl methyl sites for hydroxylation is 1. The molecule has 20 heteroatoms. The zero-order valence-electron chi connectivity index (χ0n) is 32.1. The Labute approximate surface area is 345 Å². The molecule has 0 bridgehead atoms. The minimum Gasteiger partial charge on any atom is -0.508 e. The van der Waals surface area contributed by atoms with Crippen molar-refractivity contribution in [1.82, 2.24) is 0 Å². The number of aliphatic hydroxyl groups excluding tert-OH is 10. The van der Waals surface area contributed by atoms with Crippen LogP contribution in [0.1, 0.15) is 71.9 Å². The predicted octanol–water partition coefficient (Wildman–Crippen LogP) is -1.61. The molecule has 0 aromatic heterocycles. The van der Waals surface area contributed by atoms with Gasteiger partial charge < -0.3 is 91.2 Å². The Morgan fingerprint density at radius 3 is 1.28 bits per heavy atom. The number of carbonyl (C=O) groups is 2. The minimum atomic E-state index is -1.78. The molecule has 0 saturated carbocycles. The Morgan fingerprint density at radius 1 is 0.508 bits per heavy atom. The molecular weight excluding hydrogens is 812 g/mol. The van der Waals surface area contributed by atoms with Crippen LogP contribution in [-0.4, -0.2) is 155 Å². The molecule has 4 aromatic carbocycles. The Morgan fingerprint density at radius 2 is 0.902 bits per heavy atom. The lowest BCUT2D eigenvalue weighted by Crippen LogP contribution is -2.55. The van der Waals surface area contributed by atoms with Crippen LogP contribution in [0.15, 0.2) is 54.6 Å². The van der Waals surface area contributed by atoms with Crippen LogP contribution in [0.4, 0.5) is 0 Å². The van der Waals surface area contributed by atoms with Gasteiger partial charge in [-0.05, 0) is 78.2 Å². The number of carbonyl (C=O) groups excluding carboxylic acids is 2. The van der Waals surface area contributed by atoms with E-state index in [1.165, 1.54) is 42.5 Å². The standard InChI is InChI=1S/C21H24O10.C20H22O10/c1-8-4-9(2-3-11(8)24)16(26)15-12(25)5-10(6-22)14(18(15)28)21-20(30)19(29)17(27)13(7-23)31-21;21-6-9-5-11(24)14(15(25)8-1-3-10(23)4-2-8)17(27)13(9)20-19(29)18(28)16(26)12(7-22)30-20/h2-5,13,17,19-25,27-30H,6-7H2,1H3;1-5,12,16,18-24,26-29H,6-7H2/t13?,17-,19-,20?,21+;12?,16-,18-,19?,20+/m11/s1. The molecule has 0 aliphatic carbocycles. The van der Waals surface area contributed by atoms with Crippen molar-refractivity contribution in [3.63, 3.8) is 0 Å². The smallest absolute Gasteiger partial charge is 0.200 e. The van der Waals surface area contributed by atoms with E-state index in [4.69, 9.17) is 9.47 Å². The van der Waals surface area contributed by atoms with E-state index in [1.807, 2.05) is 0 Å². The van der Waals surface area contributed by atoms with E-state index >= 15 is 0 Å². The lowest BCUT2D eigenvalue weighted by Gasteiger charge is -2.41. The van der Waals surface area contributed by atoms with Gasteiger partial charge in [-0.25, -0.2) is 0 Å². The fraction of sp³-hybridized carbons (Fsp3) is 0.366. The number of ketones is 2. The fourth-order valence-electron chi connectivity index (χ4n) is 7.17. The second kappa shape index (κ2) is 19.1. The maximum atomic E-state index is 13.0. The van der Waals surface area contributed by atoms with Gasteiger partial charge in [0, 0.05) is 22.3 Å². The summed E-state index contributed by atoms with van der Waals surface area (Å²) in [5, 5.41) is 160. The van der Waals surface area contributed by atoms with Gasteiger partial charge in [-0.3, -0.25) is 9.59 Å². The number of hydrogen-bond donors (Lipinski definition) is 16. The number of phenols is 6. The van der Waals surface area contributed by atoms with E-state index in [9.17, 15) is 91.3 Å². The van der Waals surface area contributed by atoms with Crippen LogP contribution in [0.3, 0.4) is 0 Å². The molecule has 0 radical (unpaired) electrons. The molecule has 61 heavy (non-hydrogen) atoms. The summed E-state index contributed by atoms with van der Waals surface area (Å²) in [6.07, 6.45) is -16.0.